The Labute approximate surface area is 119 Å². The van der Waals surface area contributed by atoms with Crippen molar-refractivity contribution >= 4 is 17.5 Å². The second kappa shape index (κ2) is 8.30. The third kappa shape index (κ3) is 4.99. The second-order valence-corrected chi connectivity index (χ2v) is 4.59. The zero-order chi connectivity index (χ0) is 15.0. The average Bonchev–Trinajstić information content (AvgIpc) is 2.41. The molecule has 0 saturated heterocycles. The lowest BCUT2D eigenvalue weighted by Crippen LogP contribution is -2.35. The predicted molar refractivity (Wildman–Crippen MR) is 76.8 cm³/mol. The smallest absolute Gasteiger partial charge is 0.233 e. The van der Waals surface area contributed by atoms with Crippen LogP contribution in [-0.2, 0) is 9.59 Å². The van der Waals surface area contributed by atoms with Gasteiger partial charge in [-0.2, -0.15) is 0 Å². The zero-order valence-electron chi connectivity index (χ0n) is 12.0. The molecule has 20 heavy (non-hydrogen) atoms. The molecule has 1 N–H and O–H groups in total. The van der Waals surface area contributed by atoms with Crippen LogP contribution in [0.4, 0.5) is 10.1 Å². The van der Waals surface area contributed by atoms with E-state index in [2.05, 4.69) is 5.32 Å². The fraction of sp³-hybridized carbons (Fsp3) is 0.467. The molecule has 0 spiro atoms. The third-order valence-corrected chi connectivity index (χ3v) is 2.80. The fourth-order valence-corrected chi connectivity index (χ4v) is 1.91. The predicted octanol–water partition coefficient (Wildman–Crippen LogP) is 2.80. The summed E-state index contributed by atoms with van der Waals surface area (Å²) in [5, 5.41) is 2.42. The summed E-state index contributed by atoms with van der Waals surface area (Å²) in [4.78, 5) is 25.4. The molecule has 1 aromatic rings. The maximum absolute atomic E-state index is 13.4. The van der Waals surface area contributed by atoms with E-state index >= 15 is 0 Å². The highest BCUT2D eigenvalue weighted by Crippen LogP contribution is 2.12. The van der Waals surface area contributed by atoms with Crippen LogP contribution in [0.5, 0.6) is 0 Å². The number of hydrogen-bond acceptors (Lipinski definition) is 2. The van der Waals surface area contributed by atoms with Crippen LogP contribution in [-0.4, -0.2) is 29.8 Å². The molecule has 2 amide bonds. The largest absolute Gasteiger partial charge is 0.342 e. The van der Waals surface area contributed by atoms with E-state index in [-0.39, 0.29) is 18.0 Å². The van der Waals surface area contributed by atoms with Gasteiger partial charge in [-0.25, -0.2) is 4.39 Å². The van der Waals surface area contributed by atoms with Crippen molar-refractivity contribution in [3.63, 3.8) is 0 Å². The number of carbonyl (C=O) groups excluding carboxylic acids is 2. The third-order valence-electron chi connectivity index (χ3n) is 2.80. The average molecular weight is 280 g/mol. The minimum Gasteiger partial charge on any atom is -0.342 e. The van der Waals surface area contributed by atoms with Gasteiger partial charge in [0.15, 0.2) is 0 Å². The van der Waals surface area contributed by atoms with Crippen molar-refractivity contribution in [2.45, 2.75) is 33.1 Å². The summed E-state index contributed by atoms with van der Waals surface area (Å²) in [6, 6.07) is 5.90. The van der Waals surface area contributed by atoms with E-state index in [4.69, 9.17) is 0 Å². The number of rotatable bonds is 7. The summed E-state index contributed by atoms with van der Waals surface area (Å²) in [7, 11) is 0. The molecule has 5 heteroatoms. The summed E-state index contributed by atoms with van der Waals surface area (Å²) in [5.41, 5.74) is 0.0998. The lowest BCUT2D eigenvalue weighted by Gasteiger charge is -2.21. The van der Waals surface area contributed by atoms with Crippen LogP contribution in [0.15, 0.2) is 24.3 Å². The molecule has 0 fully saturated rings. The number of hydrogen-bond donors (Lipinski definition) is 1. The Bertz CT molecular complexity index is 457. The van der Waals surface area contributed by atoms with Gasteiger partial charge in [0.1, 0.15) is 12.2 Å². The number of halogens is 1. The van der Waals surface area contributed by atoms with E-state index in [9.17, 15) is 14.0 Å². The van der Waals surface area contributed by atoms with Crippen molar-refractivity contribution in [2.75, 3.05) is 18.4 Å². The Morgan fingerprint density at radius 1 is 1.15 bits per heavy atom. The highest BCUT2D eigenvalue weighted by molar-refractivity contribution is 6.03. The van der Waals surface area contributed by atoms with Gasteiger partial charge in [-0.3, -0.25) is 9.59 Å². The van der Waals surface area contributed by atoms with E-state index in [1.807, 2.05) is 13.8 Å². The molecule has 0 radical (unpaired) electrons. The van der Waals surface area contributed by atoms with Gasteiger partial charge in [-0.1, -0.05) is 26.0 Å². The summed E-state index contributed by atoms with van der Waals surface area (Å²) in [6.45, 7) is 5.24. The number of nitrogens with one attached hydrogen (secondary N) is 1. The molecule has 1 aromatic carbocycles. The Morgan fingerprint density at radius 2 is 1.75 bits per heavy atom. The Balaban J connectivity index is 2.56. The summed E-state index contributed by atoms with van der Waals surface area (Å²) >= 11 is 0. The van der Waals surface area contributed by atoms with Gasteiger partial charge in [0.2, 0.25) is 11.8 Å². The van der Waals surface area contributed by atoms with Crippen molar-refractivity contribution in [3.8, 4) is 0 Å². The van der Waals surface area contributed by atoms with Crippen LogP contribution in [0.25, 0.3) is 0 Å². The highest BCUT2D eigenvalue weighted by Gasteiger charge is 2.16. The lowest BCUT2D eigenvalue weighted by molar-refractivity contribution is -0.134. The van der Waals surface area contributed by atoms with Gasteiger partial charge in [-0.15, -0.1) is 0 Å². The molecular formula is C15H21FN2O2. The highest BCUT2D eigenvalue weighted by atomic mass is 19.1. The maximum atomic E-state index is 13.4. The number of anilines is 1. The molecule has 0 aromatic heterocycles. The van der Waals surface area contributed by atoms with Crippen molar-refractivity contribution in [3.05, 3.63) is 30.1 Å². The van der Waals surface area contributed by atoms with Gasteiger partial charge >= 0.3 is 0 Å². The molecule has 0 heterocycles. The molecule has 0 unspecified atom stereocenters. The van der Waals surface area contributed by atoms with Crippen LogP contribution in [0.2, 0.25) is 0 Å². The molecule has 1 rings (SSSR count). The van der Waals surface area contributed by atoms with Crippen molar-refractivity contribution in [2.24, 2.45) is 0 Å². The van der Waals surface area contributed by atoms with Crippen LogP contribution >= 0.6 is 0 Å². The van der Waals surface area contributed by atoms with Crippen LogP contribution in [0.3, 0.4) is 0 Å². The minimum absolute atomic E-state index is 0.0998. The Hall–Kier alpha value is -1.91. The molecule has 0 aliphatic carbocycles. The van der Waals surface area contributed by atoms with Gasteiger partial charge < -0.3 is 10.2 Å². The van der Waals surface area contributed by atoms with Crippen molar-refractivity contribution in [1.82, 2.24) is 4.90 Å². The first-order valence-corrected chi connectivity index (χ1v) is 6.90. The number of carbonyl (C=O) groups is 2. The van der Waals surface area contributed by atoms with E-state index in [0.29, 0.717) is 13.1 Å². The van der Waals surface area contributed by atoms with Crippen LogP contribution in [0, 0.1) is 5.82 Å². The van der Waals surface area contributed by atoms with Gasteiger partial charge in [0, 0.05) is 13.1 Å². The summed E-state index contributed by atoms with van der Waals surface area (Å²) < 4.78 is 13.4. The molecule has 110 valence electrons. The van der Waals surface area contributed by atoms with Gasteiger partial charge in [-0.05, 0) is 25.0 Å². The number of amides is 2. The number of para-hydroxylation sites is 1. The fourth-order valence-electron chi connectivity index (χ4n) is 1.91. The standard InChI is InChI=1S/C15H21FN2O2/c1-3-9-18(10-4-2)15(20)11-14(19)17-13-8-6-5-7-12(13)16/h5-8H,3-4,9-11H2,1-2H3,(H,17,19). The quantitative estimate of drug-likeness (QED) is 0.781. The summed E-state index contributed by atoms with van der Waals surface area (Å²) in [6.07, 6.45) is 1.44. The number of benzene rings is 1. The van der Waals surface area contributed by atoms with E-state index in [1.165, 1.54) is 12.1 Å². The second-order valence-electron chi connectivity index (χ2n) is 4.59. The van der Waals surface area contributed by atoms with Gasteiger partial charge in [0.05, 0.1) is 5.69 Å². The summed E-state index contributed by atoms with van der Waals surface area (Å²) in [5.74, 6) is -1.22. The zero-order valence-corrected chi connectivity index (χ0v) is 12.0. The van der Waals surface area contributed by atoms with Crippen molar-refractivity contribution in [1.29, 1.82) is 0 Å². The topological polar surface area (TPSA) is 49.4 Å². The maximum Gasteiger partial charge on any atom is 0.233 e. The number of nitrogens with zero attached hydrogens (tertiary/aromatic N) is 1. The molecule has 0 bridgehead atoms. The first-order valence-electron chi connectivity index (χ1n) is 6.90. The Kier molecular flexibility index (Phi) is 6.70. The molecule has 0 atom stereocenters. The van der Waals surface area contributed by atoms with E-state index < -0.39 is 11.7 Å². The molecule has 0 aliphatic heterocycles. The van der Waals surface area contributed by atoms with Crippen LogP contribution in [0.1, 0.15) is 33.1 Å². The SMILES string of the molecule is CCCN(CCC)C(=O)CC(=O)Nc1ccccc1F. The molecule has 0 saturated carbocycles. The van der Waals surface area contributed by atoms with Gasteiger partial charge in [0.25, 0.3) is 0 Å². The Morgan fingerprint density at radius 3 is 2.30 bits per heavy atom. The first kappa shape index (κ1) is 16.1. The molecule has 0 aliphatic rings. The van der Waals surface area contributed by atoms with Crippen molar-refractivity contribution < 1.29 is 14.0 Å². The van der Waals surface area contributed by atoms with Crippen LogP contribution < -0.4 is 5.32 Å². The first-order chi connectivity index (χ1) is 9.58. The molecule has 4 nitrogen and oxygen atoms in total. The normalized spacial score (nSPS) is 10.2. The molecular weight excluding hydrogens is 259 g/mol. The van der Waals surface area contributed by atoms with E-state index in [0.717, 1.165) is 12.8 Å². The lowest BCUT2D eigenvalue weighted by atomic mass is 10.2. The van der Waals surface area contributed by atoms with E-state index in [1.54, 1.807) is 17.0 Å². The monoisotopic (exact) mass is 280 g/mol. The minimum atomic E-state index is -0.507.